The molecule has 1 aromatic heterocycles. The van der Waals surface area contributed by atoms with Crippen LogP contribution in [0.2, 0.25) is 0 Å². The summed E-state index contributed by atoms with van der Waals surface area (Å²) < 4.78 is 11.1. The molecule has 3 heterocycles. The molecule has 2 aliphatic heterocycles. The van der Waals surface area contributed by atoms with Gasteiger partial charge in [-0.05, 0) is 74.1 Å². The lowest BCUT2D eigenvalue weighted by Crippen LogP contribution is -2.43. The van der Waals surface area contributed by atoms with Gasteiger partial charge in [-0.25, -0.2) is 0 Å². The average Bonchev–Trinajstić information content (AvgIpc) is 2.99. The van der Waals surface area contributed by atoms with Crippen LogP contribution >= 0.6 is 0 Å². The predicted molar refractivity (Wildman–Crippen MR) is 159 cm³/mol. The molecule has 6 rings (SSSR count). The van der Waals surface area contributed by atoms with Crippen LogP contribution in [0.25, 0.3) is 10.9 Å². The number of anilines is 2. The summed E-state index contributed by atoms with van der Waals surface area (Å²) in [5, 5.41) is 6.82. The van der Waals surface area contributed by atoms with E-state index < -0.39 is 0 Å². The van der Waals surface area contributed by atoms with Crippen LogP contribution in [-0.4, -0.2) is 73.0 Å². The number of rotatable bonds is 6. The van der Waals surface area contributed by atoms with Gasteiger partial charge in [-0.3, -0.25) is 19.5 Å². The van der Waals surface area contributed by atoms with E-state index in [1.54, 1.807) is 30.3 Å². The van der Waals surface area contributed by atoms with Crippen molar-refractivity contribution in [3.05, 3.63) is 89.1 Å². The van der Waals surface area contributed by atoms with Gasteiger partial charge in [-0.15, -0.1) is 0 Å². The molecule has 0 bridgehead atoms. The number of piperazine rings is 1. The van der Waals surface area contributed by atoms with Crippen molar-refractivity contribution in [1.29, 1.82) is 0 Å². The summed E-state index contributed by atoms with van der Waals surface area (Å²) in [4.78, 5) is 35.7. The third-order valence-electron chi connectivity index (χ3n) is 7.54. The summed E-state index contributed by atoms with van der Waals surface area (Å²) in [5.41, 5.74) is 4.97. The first-order valence-corrected chi connectivity index (χ1v) is 13.8. The van der Waals surface area contributed by atoms with E-state index >= 15 is 0 Å². The summed E-state index contributed by atoms with van der Waals surface area (Å²) in [5.74, 6) is 0.672. The molecular formula is C32H33N5O4. The number of aromatic nitrogens is 1. The SMILES string of the molecule is Cc1ccc(NC(=O)c2ccc3c(c2)OCCO3)cc1NC(=O)c1ccc2nc(CN3CCN(C)CC3)ccc2c1. The number of aryl methyl sites for hydroxylation is 1. The van der Waals surface area contributed by atoms with E-state index in [4.69, 9.17) is 14.5 Å². The summed E-state index contributed by atoms with van der Waals surface area (Å²) >= 11 is 0. The third kappa shape index (κ3) is 6.16. The van der Waals surface area contributed by atoms with E-state index in [0.29, 0.717) is 47.2 Å². The topological polar surface area (TPSA) is 96.0 Å². The second-order valence-corrected chi connectivity index (χ2v) is 10.6. The minimum Gasteiger partial charge on any atom is -0.486 e. The Kier molecular flexibility index (Phi) is 7.54. The van der Waals surface area contributed by atoms with Gasteiger partial charge in [-0.2, -0.15) is 0 Å². The highest BCUT2D eigenvalue weighted by Crippen LogP contribution is 2.31. The summed E-state index contributed by atoms with van der Waals surface area (Å²) in [6, 6.07) is 20.2. The fourth-order valence-corrected chi connectivity index (χ4v) is 5.05. The highest BCUT2D eigenvalue weighted by molar-refractivity contribution is 6.08. The van der Waals surface area contributed by atoms with E-state index in [2.05, 4.69) is 27.5 Å². The minimum atomic E-state index is -0.280. The molecule has 0 radical (unpaired) electrons. The van der Waals surface area contributed by atoms with Crippen LogP contribution in [0.1, 0.15) is 32.0 Å². The molecule has 1 saturated heterocycles. The number of carbonyl (C=O) groups is 2. The maximum atomic E-state index is 13.2. The molecule has 9 nitrogen and oxygen atoms in total. The molecule has 0 aliphatic carbocycles. The third-order valence-corrected chi connectivity index (χ3v) is 7.54. The average molecular weight is 552 g/mol. The van der Waals surface area contributed by atoms with E-state index in [9.17, 15) is 9.59 Å². The number of carbonyl (C=O) groups excluding carboxylic acids is 2. The van der Waals surface area contributed by atoms with Crippen molar-refractivity contribution in [3.8, 4) is 11.5 Å². The first-order valence-electron chi connectivity index (χ1n) is 13.8. The van der Waals surface area contributed by atoms with Gasteiger partial charge < -0.3 is 25.0 Å². The smallest absolute Gasteiger partial charge is 0.255 e. The maximum Gasteiger partial charge on any atom is 0.255 e. The van der Waals surface area contributed by atoms with Crippen LogP contribution in [0.5, 0.6) is 11.5 Å². The first-order chi connectivity index (χ1) is 19.9. The van der Waals surface area contributed by atoms with Crippen molar-refractivity contribution in [1.82, 2.24) is 14.8 Å². The van der Waals surface area contributed by atoms with Crippen LogP contribution in [0.4, 0.5) is 11.4 Å². The second-order valence-electron chi connectivity index (χ2n) is 10.6. The Balaban J connectivity index is 1.12. The Hall–Kier alpha value is -4.47. The Morgan fingerprint density at radius 2 is 1.54 bits per heavy atom. The van der Waals surface area contributed by atoms with Crippen LogP contribution < -0.4 is 20.1 Å². The van der Waals surface area contributed by atoms with Crippen LogP contribution in [0, 0.1) is 6.92 Å². The standard InChI is InChI=1S/C32H33N5O4/c1-21-3-7-25(34-31(38)24-6-10-29-30(18-24)41-16-15-40-29)19-28(21)35-32(39)23-5-9-27-22(17-23)4-8-26(33-27)20-37-13-11-36(2)12-14-37/h3-10,17-19H,11-16,20H2,1-2H3,(H,34,38)(H,35,39). The molecule has 210 valence electrons. The van der Waals surface area contributed by atoms with Gasteiger partial charge in [0.05, 0.1) is 11.2 Å². The van der Waals surface area contributed by atoms with E-state index in [1.165, 1.54) is 0 Å². The Bertz CT molecular complexity index is 1610. The van der Waals surface area contributed by atoms with E-state index in [-0.39, 0.29) is 11.8 Å². The molecule has 1 fully saturated rings. The zero-order chi connectivity index (χ0) is 28.3. The number of amides is 2. The molecule has 2 amide bonds. The largest absolute Gasteiger partial charge is 0.486 e. The van der Waals surface area contributed by atoms with Gasteiger partial charge >= 0.3 is 0 Å². The number of fused-ring (bicyclic) bond motifs is 2. The summed E-state index contributed by atoms with van der Waals surface area (Å²) in [6.07, 6.45) is 0. The van der Waals surface area contributed by atoms with Crippen LogP contribution in [0.15, 0.2) is 66.7 Å². The maximum absolute atomic E-state index is 13.2. The van der Waals surface area contributed by atoms with Crippen molar-refractivity contribution in [3.63, 3.8) is 0 Å². The molecule has 2 N–H and O–H groups in total. The highest BCUT2D eigenvalue weighted by atomic mass is 16.6. The van der Waals surface area contributed by atoms with Gasteiger partial charge in [-0.1, -0.05) is 12.1 Å². The van der Waals surface area contributed by atoms with Crippen molar-refractivity contribution < 1.29 is 19.1 Å². The Labute approximate surface area is 239 Å². The molecule has 3 aromatic carbocycles. The van der Waals surface area contributed by atoms with Crippen molar-refractivity contribution in [2.24, 2.45) is 0 Å². The number of nitrogens with one attached hydrogen (secondary N) is 2. The number of likely N-dealkylation sites (N-methyl/N-ethyl adjacent to an activating group) is 1. The molecule has 0 atom stereocenters. The van der Waals surface area contributed by atoms with Gasteiger partial charge in [0.15, 0.2) is 11.5 Å². The van der Waals surface area contributed by atoms with Crippen molar-refractivity contribution in [2.45, 2.75) is 13.5 Å². The molecule has 4 aromatic rings. The van der Waals surface area contributed by atoms with Crippen LogP contribution in [0.3, 0.4) is 0 Å². The lowest BCUT2D eigenvalue weighted by atomic mass is 10.1. The minimum absolute atomic E-state index is 0.230. The molecule has 0 saturated carbocycles. The number of hydrogen-bond donors (Lipinski definition) is 2. The Morgan fingerprint density at radius 3 is 2.37 bits per heavy atom. The van der Waals surface area contributed by atoms with Crippen LogP contribution in [-0.2, 0) is 6.54 Å². The molecule has 9 heteroatoms. The first kappa shape index (κ1) is 26.7. The van der Waals surface area contributed by atoms with Crippen molar-refractivity contribution >= 4 is 34.1 Å². The zero-order valence-electron chi connectivity index (χ0n) is 23.3. The quantitative estimate of drug-likeness (QED) is 0.363. The van der Waals surface area contributed by atoms with Gasteiger partial charge in [0, 0.05) is 60.6 Å². The van der Waals surface area contributed by atoms with E-state index in [1.807, 2.05) is 43.3 Å². The molecule has 0 spiro atoms. The van der Waals surface area contributed by atoms with Gasteiger partial charge in [0.1, 0.15) is 13.2 Å². The number of ether oxygens (including phenoxy) is 2. The summed E-state index contributed by atoms with van der Waals surface area (Å²) in [6.45, 7) is 7.90. The normalized spacial score (nSPS) is 15.5. The Morgan fingerprint density at radius 1 is 0.805 bits per heavy atom. The summed E-state index contributed by atoms with van der Waals surface area (Å²) in [7, 11) is 2.15. The van der Waals surface area contributed by atoms with E-state index in [0.717, 1.165) is 54.9 Å². The molecular weight excluding hydrogens is 518 g/mol. The number of pyridine rings is 1. The zero-order valence-corrected chi connectivity index (χ0v) is 23.3. The second kappa shape index (κ2) is 11.6. The fourth-order valence-electron chi connectivity index (χ4n) is 5.05. The van der Waals surface area contributed by atoms with Gasteiger partial charge in [0.2, 0.25) is 0 Å². The highest BCUT2D eigenvalue weighted by Gasteiger charge is 2.17. The van der Waals surface area contributed by atoms with Crippen molar-refractivity contribution in [2.75, 3.05) is 57.1 Å². The lowest BCUT2D eigenvalue weighted by Gasteiger charge is -2.32. The lowest BCUT2D eigenvalue weighted by molar-refractivity contribution is 0.101. The fraction of sp³-hybridized carbons (Fsp3) is 0.281. The monoisotopic (exact) mass is 551 g/mol. The predicted octanol–water partition coefficient (Wildman–Crippen LogP) is 4.57. The van der Waals surface area contributed by atoms with Gasteiger partial charge in [0.25, 0.3) is 11.8 Å². The molecule has 2 aliphatic rings. The number of benzene rings is 3. The number of nitrogens with zero attached hydrogens (tertiary/aromatic N) is 3. The number of hydrogen-bond acceptors (Lipinski definition) is 7. The molecule has 41 heavy (non-hydrogen) atoms. The molecule has 0 unspecified atom stereocenters.